The zero-order valence-corrected chi connectivity index (χ0v) is 15.1. The summed E-state index contributed by atoms with van der Waals surface area (Å²) in [5, 5.41) is 2.86. The first-order chi connectivity index (χ1) is 13.0. The van der Waals surface area contributed by atoms with Crippen LogP contribution in [-0.4, -0.2) is 41.2 Å². The average Bonchev–Trinajstić information content (AvgIpc) is 3.25. The van der Waals surface area contributed by atoms with Crippen LogP contribution in [0.2, 0.25) is 0 Å². The summed E-state index contributed by atoms with van der Waals surface area (Å²) in [7, 11) is 1.62. The molecule has 2 heterocycles. The number of hydrogen-bond acceptors (Lipinski definition) is 4. The second-order valence-electron chi connectivity index (χ2n) is 7.07. The summed E-state index contributed by atoms with van der Waals surface area (Å²) in [5.74, 6) is -0.0313. The third kappa shape index (κ3) is 2.89. The Balaban J connectivity index is 1.53. The molecule has 27 heavy (non-hydrogen) atoms. The number of aryl methyl sites for hydroxylation is 1. The van der Waals surface area contributed by atoms with Gasteiger partial charge in [-0.3, -0.25) is 14.5 Å². The highest BCUT2D eigenvalue weighted by Crippen LogP contribution is 2.39. The number of amides is 4. The van der Waals surface area contributed by atoms with Crippen LogP contribution in [0.15, 0.2) is 47.1 Å². The van der Waals surface area contributed by atoms with E-state index >= 15 is 0 Å². The van der Waals surface area contributed by atoms with E-state index in [2.05, 4.69) is 5.32 Å². The first-order valence-electron chi connectivity index (χ1n) is 9.00. The highest BCUT2D eigenvalue weighted by molar-refractivity contribution is 6.09. The Bertz CT molecular complexity index is 892. The summed E-state index contributed by atoms with van der Waals surface area (Å²) in [6.45, 7) is -0.00471. The predicted octanol–water partition coefficient (Wildman–Crippen LogP) is 2.02. The molecule has 0 bridgehead atoms. The third-order valence-corrected chi connectivity index (χ3v) is 5.34. The van der Waals surface area contributed by atoms with Crippen molar-refractivity contribution < 1.29 is 18.8 Å². The van der Waals surface area contributed by atoms with E-state index in [1.807, 2.05) is 24.3 Å². The Morgan fingerprint density at radius 1 is 1.26 bits per heavy atom. The standard InChI is InChI=1S/C20H21N3O4/c1-22(12-15-8-5-11-27-15)17(24)13-23-18(25)20(21-19(23)26)10-4-7-14-6-2-3-9-16(14)20/h2-3,5-6,8-9,11H,4,7,10,12-13H2,1H3,(H,21,26)/t20-/m0/s1. The molecule has 2 aromatic rings. The molecule has 1 saturated heterocycles. The smallest absolute Gasteiger partial charge is 0.325 e. The van der Waals surface area contributed by atoms with Crippen LogP contribution in [0.25, 0.3) is 0 Å². The molecule has 1 aromatic carbocycles. The number of hydrogen-bond donors (Lipinski definition) is 1. The molecular weight excluding hydrogens is 346 g/mol. The van der Waals surface area contributed by atoms with Crippen molar-refractivity contribution in [2.24, 2.45) is 0 Å². The zero-order chi connectivity index (χ0) is 19.0. The van der Waals surface area contributed by atoms with E-state index in [0.717, 1.165) is 28.9 Å². The van der Waals surface area contributed by atoms with Crippen molar-refractivity contribution in [2.45, 2.75) is 31.3 Å². The Hall–Kier alpha value is -3.09. The van der Waals surface area contributed by atoms with E-state index in [-0.39, 0.29) is 24.9 Å². The molecular formula is C20H21N3O4. The Morgan fingerprint density at radius 3 is 2.85 bits per heavy atom. The molecule has 1 atom stereocenters. The summed E-state index contributed by atoms with van der Waals surface area (Å²) in [4.78, 5) is 40.7. The van der Waals surface area contributed by atoms with E-state index in [4.69, 9.17) is 4.42 Å². The zero-order valence-electron chi connectivity index (χ0n) is 15.1. The van der Waals surface area contributed by atoms with Gasteiger partial charge >= 0.3 is 6.03 Å². The van der Waals surface area contributed by atoms with Gasteiger partial charge in [0, 0.05) is 7.05 Å². The van der Waals surface area contributed by atoms with Gasteiger partial charge in [0.15, 0.2) is 0 Å². The summed E-state index contributed by atoms with van der Waals surface area (Å²) >= 11 is 0. The first kappa shape index (κ1) is 17.3. The minimum atomic E-state index is -1.05. The number of nitrogens with zero attached hydrogens (tertiary/aromatic N) is 2. The second-order valence-corrected chi connectivity index (χ2v) is 7.07. The SMILES string of the molecule is CN(Cc1ccco1)C(=O)CN1C(=O)N[C@]2(CCCc3ccccc32)C1=O. The van der Waals surface area contributed by atoms with Gasteiger partial charge < -0.3 is 14.6 Å². The molecule has 1 aromatic heterocycles. The molecule has 7 heteroatoms. The van der Waals surface area contributed by atoms with Gasteiger partial charge in [0.2, 0.25) is 5.91 Å². The van der Waals surface area contributed by atoms with E-state index < -0.39 is 11.6 Å². The van der Waals surface area contributed by atoms with Crippen LogP contribution >= 0.6 is 0 Å². The molecule has 1 fully saturated rings. The molecule has 1 spiro atoms. The maximum Gasteiger partial charge on any atom is 0.325 e. The van der Waals surface area contributed by atoms with Gasteiger partial charge in [0.25, 0.3) is 5.91 Å². The van der Waals surface area contributed by atoms with Crippen LogP contribution in [0.1, 0.15) is 29.7 Å². The number of benzene rings is 1. The van der Waals surface area contributed by atoms with Gasteiger partial charge in [-0.1, -0.05) is 24.3 Å². The molecule has 140 valence electrons. The van der Waals surface area contributed by atoms with Crippen LogP contribution in [-0.2, 0) is 28.1 Å². The lowest BCUT2D eigenvalue weighted by atomic mass is 9.76. The van der Waals surface area contributed by atoms with Gasteiger partial charge in [-0.2, -0.15) is 0 Å². The molecule has 2 aliphatic rings. The largest absolute Gasteiger partial charge is 0.467 e. The monoisotopic (exact) mass is 367 g/mol. The topological polar surface area (TPSA) is 82.9 Å². The molecule has 4 rings (SSSR count). The van der Waals surface area contributed by atoms with Crippen molar-refractivity contribution in [3.63, 3.8) is 0 Å². The molecule has 0 radical (unpaired) electrons. The maximum atomic E-state index is 13.2. The minimum Gasteiger partial charge on any atom is -0.467 e. The van der Waals surface area contributed by atoms with Crippen molar-refractivity contribution in [1.82, 2.24) is 15.1 Å². The Labute approximate surface area is 156 Å². The molecule has 0 unspecified atom stereocenters. The Kier molecular flexibility index (Phi) is 4.22. The molecule has 0 saturated carbocycles. The van der Waals surface area contributed by atoms with Crippen molar-refractivity contribution in [2.75, 3.05) is 13.6 Å². The van der Waals surface area contributed by atoms with Crippen LogP contribution in [0.4, 0.5) is 4.79 Å². The number of imide groups is 1. The lowest BCUT2D eigenvalue weighted by Gasteiger charge is -2.33. The molecule has 4 amide bonds. The van der Waals surface area contributed by atoms with Gasteiger partial charge in [-0.05, 0) is 42.5 Å². The number of nitrogens with one attached hydrogen (secondary N) is 1. The molecule has 1 N–H and O–H groups in total. The number of fused-ring (bicyclic) bond motifs is 2. The lowest BCUT2D eigenvalue weighted by Crippen LogP contribution is -2.47. The van der Waals surface area contributed by atoms with Crippen molar-refractivity contribution in [3.8, 4) is 0 Å². The third-order valence-electron chi connectivity index (χ3n) is 5.34. The van der Waals surface area contributed by atoms with E-state index in [1.165, 1.54) is 11.2 Å². The average molecular weight is 367 g/mol. The fraction of sp³-hybridized carbons (Fsp3) is 0.350. The predicted molar refractivity (Wildman–Crippen MR) is 96.5 cm³/mol. The van der Waals surface area contributed by atoms with E-state index in [1.54, 1.807) is 19.2 Å². The Morgan fingerprint density at radius 2 is 2.07 bits per heavy atom. The van der Waals surface area contributed by atoms with E-state index in [0.29, 0.717) is 12.2 Å². The minimum absolute atomic E-state index is 0.281. The summed E-state index contributed by atoms with van der Waals surface area (Å²) in [5.41, 5.74) is 0.861. The van der Waals surface area contributed by atoms with Gasteiger partial charge in [-0.25, -0.2) is 4.79 Å². The van der Waals surface area contributed by atoms with Gasteiger partial charge in [-0.15, -0.1) is 0 Å². The first-order valence-corrected chi connectivity index (χ1v) is 9.00. The number of carbonyl (C=O) groups excluding carboxylic acids is 3. The number of furan rings is 1. The number of urea groups is 1. The van der Waals surface area contributed by atoms with Crippen molar-refractivity contribution >= 4 is 17.8 Å². The highest BCUT2D eigenvalue weighted by Gasteiger charge is 2.54. The normalized spacial score (nSPS) is 21.3. The lowest BCUT2D eigenvalue weighted by molar-refractivity contribution is -0.139. The molecule has 1 aliphatic carbocycles. The quantitative estimate of drug-likeness (QED) is 0.838. The number of likely N-dealkylation sites (N-methyl/N-ethyl adjacent to an activating group) is 1. The van der Waals surface area contributed by atoms with E-state index in [9.17, 15) is 14.4 Å². The highest BCUT2D eigenvalue weighted by atomic mass is 16.3. The fourth-order valence-corrected chi connectivity index (χ4v) is 3.94. The van der Waals surface area contributed by atoms with Gasteiger partial charge in [0.05, 0.1) is 12.8 Å². The van der Waals surface area contributed by atoms with Crippen molar-refractivity contribution in [3.05, 3.63) is 59.5 Å². The van der Waals surface area contributed by atoms with Crippen LogP contribution in [0.3, 0.4) is 0 Å². The number of rotatable bonds is 4. The summed E-state index contributed by atoms with van der Waals surface area (Å²) in [6, 6.07) is 10.7. The van der Waals surface area contributed by atoms with Crippen LogP contribution in [0, 0.1) is 0 Å². The number of carbonyl (C=O) groups is 3. The summed E-state index contributed by atoms with van der Waals surface area (Å²) in [6.07, 6.45) is 3.77. The van der Waals surface area contributed by atoms with Gasteiger partial charge in [0.1, 0.15) is 17.8 Å². The molecule has 1 aliphatic heterocycles. The van der Waals surface area contributed by atoms with Crippen LogP contribution in [0.5, 0.6) is 0 Å². The molecule has 7 nitrogen and oxygen atoms in total. The van der Waals surface area contributed by atoms with Crippen molar-refractivity contribution in [1.29, 1.82) is 0 Å². The fourth-order valence-electron chi connectivity index (χ4n) is 3.94. The van der Waals surface area contributed by atoms with Crippen LogP contribution < -0.4 is 5.32 Å². The maximum absolute atomic E-state index is 13.2. The summed E-state index contributed by atoms with van der Waals surface area (Å²) < 4.78 is 5.24. The second kappa shape index (κ2) is 6.57.